The summed E-state index contributed by atoms with van der Waals surface area (Å²) in [7, 11) is 0. The molecule has 2 heterocycles. The molecule has 2 aromatic heterocycles. The molecule has 0 bridgehead atoms. The average Bonchev–Trinajstić information content (AvgIpc) is 2.31. The third-order valence-electron chi connectivity index (χ3n) is 2.29. The molecule has 0 aliphatic carbocycles. The summed E-state index contributed by atoms with van der Waals surface area (Å²) in [4.78, 5) is 8.13. The maximum absolute atomic E-state index is 12.7. The average molecular weight is 217 g/mol. The van der Waals surface area contributed by atoms with Crippen molar-refractivity contribution in [1.29, 1.82) is 0 Å². The number of nitrogens with zero attached hydrogens (tertiary/aromatic N) is 2. The van der Waals surface area contributed by atoms with Crippen LogP contribution in [0.15, 0.2) is 42.7 Å². The summed E-state index contributed by atoms with van der Waals surface area (Å²) < 4.78 is 12.7. The van der Waals surface area contributed by atoms with Gasteiger partial charge in [-0.25, -0.2) is 4.39 Å². The van der Waals surface area contributed by atoms with E-state index in [0.29, 0.717) is 12.1 Å². The Morgan fingerprint density at radius 1 is 1.19 bits per heavy atom. The number of aromatic nitrogens is 2. The standard InChI is InChI=1S/C12H12FN3/c13-9-4-5-12(16-8-9)11(14)7-10-3-1-2-6-15-10/h1-6,8,11H,7,14H2. The van der Waals surface area contributed by atoms with E-state index in [1.807, 2.05) is 18.2 Å². The first-order valence-electron chi connectivity index (χ1n) is 5.02. The molecular weight excluding hydrogens is 205 g/mol. The van der Waals surface area contributed by atoms with Crippen molar-refractivity contribution in [2.45, 2.75) is 12.5 Å². The number of hydrogen-bond acceptors (Lipinski definition) is 3. The first-order chi connectivity index (χ1) is 7.75. The highest BCUT2D eigenvalue weighted by atomic mass is 19.1. The molecule has 0 radical (unpaired) electrons. The predicted molar refractivity (Wildman–Crippen MR) is 59.1 cm³/mol. The lowest BCUT2D eigenvalue weighted by Crippen LogP contribution is -2.15. The fourth-order valence-corrected chi connectivity index (χ4v) is 1.46. The number of pyridine rings is 2. The Balaban J connectivity index is 2.09. The van der Waals surface area contributed by atoms with Gasteiger partial charge in [0, 0.05) is 18.3 Å². The lowest BCUT2D eigenvalue weighted by atomic mass is 10.1. The molecule has 1 atom stereocenters. The fourth-order valence-electron chi connectivity index (χ4n) is 1.46. The second-order valence-corrected chi connectivity index (χ2v) is 3.53. The second-order valence-electron chi connectivity index (χ2n) is 3.53. The van der Waals surface area contributed by atoms with E-state index in [2.05, 4.69) is 9.97 Å². The summed E-state index contributed by atoms with van der Waals surface area (Å²) >= 11 is 0. The molecule has 0 fully saturated rings. The van der Waals surface area contributed by atoms with Crippen LogP contribution in [0.5, 0.6) is 0 Å². The molecule has 2 aromatic rings. The maximum atomic E-state index is 12.7. The molecule has 3 nitrogen and oxygen atoms in total. The smallest absolute Gasteiger partial charge is 0.141 e. The van der Waals surface area contributed by atoms with E-state index < -0.39 is 0 Å². The summed E-state index contributed by atoms with van der Waals surface area (Å²) in [5.74, 6) is -0.353. The summed E-state index contributed by atoms with van der Waals surface area (Å²) in [5.41, 5.74) is 7.53. The minimum Gasteiger partial charge on any atom is -0.322 e. The molecule has 2 rings (SSSR count). The molecule has 0 amide bonds. The molecule has 1 unspecified atom stereocenters. The van der Waals surface area contributed by atoms with Crippen molar-refractivity contribution in [3.05, 3.63) is 59.9 Å². The molecule has 2 N–H and O–H groups in total. The van der Waals surface area contributed by atoms with E-state index in [1.165, 1.54) is 12.3 Å². The Hall–Kier alpha value is -1.81. The molecule has 0 aliphatic rings. The van der Waals surface area contributed by atoms with Gasteiger partial charge in [0.2, 0.25) is 0 Å². The van der Waals surface area contributed by atoms with E-state index in [0.717, 1.165) is 5.69 Å². The minimum atomic E-state index is -0.353. The Morgan fingerprint density at radius 2 is 2.06 bits per heavy atom. The van der Waals surface area contributed by atoms with Gasteiger partial charge in [0.05, 0.1) is 17.9 Å². The first-order valence-corrected chi connectivity index (χ1v) is 5.02. The van der Waals surface area contributed by atoms with Crippen LogP contribution in [0.2, 0.25) is 0 Å². The van der Waals surface area contributed by atoms with Gasteiger partial charge in [-0.2, -0.15) is 0 Å². The highest BCUT2D eigenvalue weighted by Gasteiger charge is 2.08. The van der Waals surface area contributed by atoms with Gasteiger partial charge in [0.15, 0.2) is 0 Å². The molecule has 0 saturated heterocycles. The van der Waals surface area contributed by atoms with Crippen LogP contribution in [0.1, 0.15) is 17.4 Å². The van der Waals surface area contributed by atoms with Crippen molar-refractivity contribution in [2.24, 2.45) is 5.73 Å². The molecule has 0 spiro atoms. The Morgan fingerprint density at radius 3 is 2.69 bits per heavy atom. The molecular formula is C12H12FN3. The van der Waals surface area contributed by atoms with Crippen molar-refractivity contribution in [3.63, 3.8) is 0 Å². The summed E-state index contributed by atoms with van der Waals surface area (Å²) in [6.45, 7) is 0. The van der Waals surface area contributed by atoms with Crippen molar-refractivity contribution < 1.29 is 4.39 Å². The highest BCUT2D eigenvalue weighted by molar-refractivity contribution is 5.13. The van der Waals surface area contributed by atoms with Crippen LogP contribution in [-0.2, 0) is 6.42 Å². The minimum absolute atomic E-state index is 0.254. The van der Waals surface area contributed by atoms with Crippen LogP contribution in [0, 0.1) is 5.82 Å². The van der Waals surface area contributed by atoms with Crippen LogP contribution in [0.4, 0.5) is 4.39 Å². The van der Waals surface area contributed by atoms with Crippen LogP contribution < -0.4 is 5.73 Å². The fraction of sp³-hybridized carbons (Fsp3) is 0.167. The van der Waals surface area contributed by atoms with Crippen molar-refractivity contribution in [1.82, 2.24) is 9.97 Å². The van der Waals surface area contributed by atoms with Gasteiger partial charge in [0.25, 0.3) is 0 Å². The molecule has 0 aromatic carbocycles. The zero-order chi connectivity index (χ0) is 11.4. The zero-order valence-corrected chi connectivity index (χ0v) is 8.68. The second kappa shape index (κ2) is 4.81. The number of nitrogens with two attached hydrogens (primary N) is 1. The van der Waals surface area contributed by atoms with E-state index >= 15 is 0 Å². The quantitative estimate of drug-likeness (QED) is 0.853. The van der Waals surface area contributed by atoms with Gasteiger partial charge in [-0.1, -0.05) is 6.07 Å². The summed E-state index contributed by atoms with van der Waals surface area (Å²) in [6, 6.07) is 8.38. The Bertz CT molecular complexity index is 442. The van der Waals surface area contributed by atoms with Crippen molar-refractivity contribution in [2.75, 3.05) is 0 Å². The van der Waals surface area contributed by atoms with Gasteiger partial charge >= 0.3 is 0 Å². The lowest BCUT2D eigenvalue weighted by Gasteiger charge is -2.09. The van der Waals surface area contributed by atoms with Gasteiger partial charge in [0.1, 0.15) is 5.82 Å². The Labute approximate surface area is 93.2 Å². The molecule has 16 heavy (non-hydrogen) atoms. The monoisotopic (exact) mass is 217 g/mol. The number of rotatable bonds is 3. The first kappa shape index (κ1) is 10.7. The molecule has 4 heteroatoms. The normalized spacial score (nSPS) is 12.4. The molecule has 0 saturated carbocycles. The van der Waals surface area contributed by atoms with Gasteiger partial charge in [-0.05, 0) is 24.3 Å². The Kier molecular flexibility index (Phi) is 3.22. The van der Waals surface area contributed by atoms with E-state index in [4.69, 9.17) is 5.73 Å². The summed E-state index contributed by atoms with van der Waals surface area (Å²) in [5, 5.41) is 0. The topological polar surface area (TPSA) is 51.8 Å². The maximum Gasteiger partial charge on any atom is 0.141 e. The third kappa shape index (κ3) is 2.61. The molecule has 82 valence electrons. The SMILES string of the molecule is NC(Cc1ccccn1)c1ccc(F)cn1. The highest BCUT2D eigenvalue weighted by Crippen LogP contribution is 2.12. The summed E-state index contributed by atoms with van der Waals surface area (Å²) in [6.07, 6.45) is 3.49. The van der Waals surface area contributed by atoms with Gasteiger partial charge in [-0.15, -0.1) is 0 Å². The van der Waals surface area contributed by atoms with E-state index in [-0.39, 0.29) is 11.9 Å². The molecule has 0 aliphatic heterocycles. The third-order valence-corrected chi connectivity index (χ3v) is 2.29. The van der Waals surface area contributed by atoms with Crippen LogP contribution >= 0.6 is 0 Å². The lowest BCUT2D eigenvalue weighted by molar-refractivity contribution is 0.611. The van der Waals surface area contributed by atoms with Gasteiger partial charge in [-0.3, -0.25) is 9.97 Å². The predicted octanol–water partition coefficient (Wildman–Crippen LogP) is 1.86. The van der Waals surface area contributed by atoms with E-state index in [9.17, 15) is 4.39 Å². The van der Waals surface area contributed by atoms with Crippen molar-refractivity contribution in [3.8, 4) is 0 Å². The van der Waals surface area contributed by atoms with Crippen LogP contribution in [-0.4, -0.2) is 9.97 Å². The zero-order valence-electron chi connectivity index (χ0n) is 8.68. The number of halogens is 1. The van der Waals surface area contributed by atoms with Crippen molar-refractivity contribution >= 4 is 0 Å². The van der Waals surface area contributed by atoms with Crippen LogP contribution in [0.3, 0.4) is 0 Å². The van der Waals surface area contributed by atoms with Crippen LogP contribution in [0.25, 0.3) is 0 Å². The number of hydrogen-bond donors (Lipinski definition) is 1. The largest absolute Gasteiger partial charge is 0.322 e. The van der Waals surface area contributed by atoms with Gasteiger partial charge < -0.3 is 5.73 Å². The van der Waals surface area contributed by atoms with E-state index in [1.54, 1.807) is 12.3 Å².